The number of nitrogens with one attached hydrogen (secondary N) is 1. The van der Waals surface area contributed by atoms with Crippen LogP contribution >= 0.6 is 12.2 Å². The molecule has 1 aromatic carbocycles. The third-order valence-corrected chi connectivity index (χ3v) is 3.07. The molecule has 112 valence electrons. The minimum absolute atomic E-state index is 0.0715. The minimum Gasteiger partial charge on any atom is -0.343 e. The van der Waals surface area contributed by atoms with Gasteiger partial charge in [-0.05, 0) is 30.7 Å². The van der Waals surface area contributed by atoms with Gasteiger partial charge in [0.15, 0.2) is 0 Å². The van der Waals surface area contributed by atoms with Gasteiger partial charge in [-0.2, -0.15) is 13.2 Å². The summed E-state index contributed by atoms with van der Waals surface area (Å²) in [5, 5.41) is 0. The molecule has 0 aliphatic carbocycles. The molecule has 0 radical (unpaired) electrons. The van der Waals surface area contributed by atoms with E-state index >= 15 is 0 Å². The molecule has 2 rings (SSSR count). The summed E-state index contributed by atoms with van der Waals surface area (Å²) in [6, 6.07) is 3.88. The van der Waals surface area contributed by atoms with Crippen molar-refractivity contribution in [1.29, 1.82) is 0 Å². The number of alkyl halides is 3. The molecule has 7 heteroatoms. The lowest BCUT2D eigenvalue weighted by Gasteiger charge is -2.13. The van der Waals surface area contributed by atoms with E-state index in [1.54, 1.807) is 6.07 Å². The molecule has 0 fully saturated rings. The maximum atomic E-state index is 13.3. The van der Waals surface area contributed by atoms with Crippen molar-refractivity contribution < 1.29 is 17.6 Å². The first-order valence-electron chi connectivity index (χ1n) is 6.28. The second-order valence-electron chi connectivity index (χ2n) is 4.53. The van der Waals surface area contributed by atoms with Crippen LogP contribution in [0.25, 0.3) is 11.4 Å². The zero-order chi connectivity index (χ0) is 15.6. The van der Waals surface area contributed by atoms with Crippen LogP contribution in [0.4, 0.5) is 17.6 Å². The van der Waals surface area contributed by atoms with E-state index in [2.05, 4.69) is 9.97 Å². The summed E-state index contributed by atoms with van der Waals surface area (Å²) in [4.78, 5) is 6.69. The number of aromatic nitrogens is 2. The van der Waals surface area contributed by atoms with Crippen LogP contribution in [-0.2, 0) is 12.6 Å². The van der Waals surface area contributed by atoms with Crippen molar-refractivity contribution in [2.24, 2.45) is 0 Å². The molecule has 0 bridgehead atoms. The number of H-pyrrole nitrogens is 1. The fourth-order valence-corrected chi connectivity index (χ4v) is 2.23. The maximum absolute atomic E-state index is 13.3. The molecule has 0 atom stereocenters. The van der Waals surface area contributed by atoms with Crippen molar-refractivity contribution >= 4 is 12.2 Å². The fourth-order valence-electron chi connectivity index (χ4n) is 2.00. The minimum atomic E-state index is -4.60. The largest absolute Gasteiger partial charge is 0.417 e. The zero-order valence-corrected chi connectivity index (χ0v) is 11.9. The average molecular weight is 316 g/mol. The Kier molecular flexibility index (Phi) is 4.41. The van der Waals surface area contributed by atoms with Crippen LogP contribution in [0.3, 0.4) is 0 Å². The van der Waals surface area contributed by atoms with Gasteiger partial charge in [0.05, 0.1) is 5.56 Å². The Morgan fingerprint density at radius 3 is 2.57 bits per heavy atom. The highest BCUT2D eigenvalue weighted by Gasteiger charge is 2.34. The first kappa shape index (κ1) is 15.6. The summed E-state index contributed by atoms with van der Waals surface area (Å²) >= 11 is 4.96. The van der Waals surface area contributed by atoms with Crippen LogP contribution < -0.4 is 0 Å². The van der Waals surface area contributed by atoms with Crippen LogP contribution in [0.5, 0.6) is 0 Å². The monoisotopic (exact) mass is 316 g/mol. The number of aryl methyl sites for hydroxylation is 1. The lowest BCUT2D eigenvalue weighted by atomic mass is 10.1. The van der Waals surface area contributed by atoms with Gasteiger partial charge in [0, 0.05) is 11.3 Å². The molecular weight excluding hydrogens is 304 g/mol. The van der Waals surface area contributed by atoms with Crippen LogP contribution in [0.2, 0.25) is 0 Å². The lowest BCUT2D eigenvalue weighted by Crippen LogP contribution is -2.09. The summed E-state index contributed by atoms with van der Waals surface area (Å²) in [5.41, 5.74) is -0.618. The van der Waals surface area contributed by atoms with Gasteiger partial charge in [0.1, 0.15) is 16.3 Å². The SMILES string of the molecule is CCCc1cc(=S)nc(-c2cc(F)ccc2C(F)(F)F)[nH]1. The summed E-state index contributed by atoms with van der Waals surface area (Å²) < 4.78 is 52.6. The standard InChI is InChI=1S/C14H12F4N2S/c1-2-3-9-7-12(21)20-13(19-9)10-6-8(15)4-5-11(10)14(16,17)18/h4-7H,2-3H2,1H3,(H,19,20,21). The van der Waals surface area contributed by atoms with Gasteiger partial charge >= 0.3 is 6.18 Å². The predicted octanol–water partition coefficient (Wildman–Crippen LogP) is 4.92. The first-order chi connectivity index (χ1) is 9.81. The molecular formula is C14H12F4N2S. The Balaban J connectivity index is 2.66. The van der Waals surface area contributed by atoms with E-state index < -0.39 is 17.6 Å². The van der Waals surface area contributed by atoms with Crippen LogP contribution in [-0.4, -0.2) is 9.97 Å². The Bertz CT molecular complexity index is 707. The van der Waals surface area contributed by atoms with Crippen molar-refractivity contribution in [1.82, 2.24) is 9.97 Å². The number of benzene rings is 1. The molecule has 1 heterocycles. The second-order valence-corrected chi connectivity index (χ2v) is 4.95. The highest BCUT2D eigenvalue weighted by Crippen LogP contribution is 2.36. The number of hydrogen-bond donors (Lipinski definition) is 1. The van der Waals surface area contributed by atoms with E-state index in [4.69, 9.17) is 12.2 Å². The molecule has 2 aromatic rings. The highest BCUT2D eigenvalue weighted by atomic mass is 32.1. The number of hydrogen-bond acceptors (Lipinski definition) is 2. The van der Waals surface area contributed by atoms with Gasteiger partial charge < -0.3 is 4.98 Å². The van der Waals surface area contributed by atoms with Crippen LogP contribution in [0, 0.1) is 10.5 Å². The first-order valence-corrected chi connectivity index (χ1v) is 6.69. The van der Waals surface area contributed by atoms with Gasteiger partial charge in [0.2, 0.25) is 0 Å². The van der Waals surface area contributed by atoms with Gasteiger partial charge in [-0.25, -0.2) is 9.37 Å². The van der Waals surface area contributed by atoms with Crippen LogP contribution in [0.1, 0.15) is 24.6 Å². The van der Waals surface area contributed by atoms with Gasteiger partial charge in [-0.15, -0.1) is 0 Å². The molecule has 0 saturated heterocycles. The molecule has 0 unspecified atom stereocenters. The van der Waals surface area contributed by atoms with E-state index in [9.17, 15) is 17.6 Å². The molecule has 0 spiro atoms. The van der Waals surface area contributed by atoms with Crippen LogP contribution in [0.15, 0.2) is 24.3 Å². The molecule has 0 amide bonds. The van der Waals surface area contributed by atoms with E-state index in [0.717, 1.165) is 18.6 Å². The smallest absolute Gasteiger partial charge is 0.343 e. The summed E-state index contributed by atoms with van der Waals surface area (Å²) in [7, 11) is 0. The Morgan fingerprint density at radius 2 is 1.95 bits per heavy atom. The fraction of sp³-hybridized carbons (Fsp3) is 0.286. The molecule has 1 N–H and O–H groups in total. The third-order valence-electron chi connectivity index (χ3n) is 2.86. The van der Waals surface area contributed by atoms with E-state index in [0.29, 0.717) is 18.2 Å². The molecule has 21 heavy (non-hydrogen) atoms. The Labute approximate surface area is 123 Å². The Hall–Kier alpha value is -1.76. The summed E-state index contributed by atoms with van der Waals surface area (Å²) in [6.07, 6.45) is -3.18. The van der Waals surface area contributed by atoms with E-state index in [1.165, 1.54) is 0 Å². The predicted molar refractivity (Wildman–Crippen MR) is 73.8 cm³/mol. The molecule has 0 aliphatic rings. The quantitative estimate of drug-likeness (QED) is 0.643. The number of rotatable bonds is 3. The second kappa shape index (κ2) is 5.93. The van der Waals surface area contributed by atoms with E-state index in [-0.39, 0.29) is 16.0 Å². The van der Waals surface area contributed by atoms with Crippen molar-refractivity contribution in [3.63, 3.8) is 0 Å². The average Bonchev–Trinajstić information content (AvgIpc) is 2.36. The summed E-state index contributed by atoms with van der Waals surface area (Å²) in [5.74, 6) is -0.835. The van der Waals surface area contributed by atoms with Crippen molar-refractivity contribution in [2.45, 2.75) is 25.9 Å². The van der Waals surface area contributed by atoms with Crippen molar-refractivity contribution in [3.8, 4) is 11.4 Å². The number of halogens is 4. The van der Waals surface area contributed by atoms with Gasteiger partial charge in [-0.1, -0.05) is 25.6 Å². The molecule has 1 aromatic heterocycles. The topological polar surface area (TPSA) is 28.7 Å². The van der Waals surface area contributed by atoms with Gasteiger partial charge in [-0.3, -0.25) is 0 Å². The van der Waals surface area contributed by atoms with Crippen molar-refractivity contribution in [3.05, 3.63) is 46.0 Å². The van der Waals surface area contributed by atoms with E-state index in [1.807, 2.05) is 6.92 Å². The third kappa shape index (κ3) is 3.66. The zero-order valence-electron chi connectivity index (χ0n) is 11.1. The van der Waals surface area contributed by atoms with Crippen molar-refractivity contribution in [2.75, 3.05) is 0 Å². The molecule has 2 nitrogen and oxygen atoms in total. The maximum Gasteiger partial charge on any atom is 0.417 e. The normalized spacial score (nSPS) is 11.7. The number of nitrogens with zero attached hydrogens (tertiary/aromatic N) is 1. The van der Waals surface area contributed by atoms with Gasteiger partial charge in [0.25, 0.3) is 0 Å². The molecule has 0 saturated carbocycles. The lowest BCUT2D eigenvalue weighted by molar-refractivity contribution is -0.137. The summed E-state index contributed by atoms with van der Waals surface area (Å²) in [6.45, 7) is 1.93. The molecule has 0 aliphatic heterocycles. The number of aromatic amines is 1. The Morgan fingerprint density at radius 1 is 1.24 bits per heavy atom. The highest BCUT2D eigenvalue weighted by molar-refractivity contribution is 7.71.